The largest absolute Gasteiger partial charge is 0.399 e. The molecule has 0 spiro atoms. The van der Waals surface area contributed by atoms with Gasteiger partial charge in [0.05, 0.1) is 0 Å². The van der Waals surface area contributed by atoms with Crippen LogP contribution in [0.25, 0.3) is 22.8 Å². The lowest BCUT2D eigenvalue weighted by atomic mass is 9.40. The highest BCUT2D eigenvalue weighted by Gasteiger charge is 2.61. The number of allylic oxidation sites excluding steroid dienone is 5. The molecule has 0 amide bonds. The first-order valence-corrected chi connectivity index (χ1v) is 16.4. The van der Waals surface area contributed by atoms with Crippen LogP contribution in [0.4, 0.5) is 0 Å². The minimum Gasteiger partial charge on any atom is -0.399 e. The first-order valence-electron chi connectivity index (χ1n) is 16.4. The van der Waals surface area contributed by atoms with Gasteiger partial charge in [-0.3, -0.25) is 0 Å². The molecule has 2 aromatic rings. The molecule has 1 nitrogen and oxygen atoms in total. The maximum atomic E-state index is 6.38. The maximum Gasteiger partial charge on any atom is 0.0314 e. The molecule has 4 atom stereocenters. The lowest BCUT2D eigenvalue weighted by Gasteiger charge is -2.64. The smallest absolute Gasteiger partial charge is 0.0314 e. The van der Waals surface area contributed by atoms with Gasteiger partial charge in [-0.25, -0.2) is 0 Å². The molecule has 0 aromatic heterocycles. The summed E-state index contributed by atoms with van der Waals surface area (Å²) in [4.78, 5) is 0. The third-order valence-electron chi connectivity index (χ3n) is 11.7. The van der Waals surface area contributed by atoms with Gasteiger partial charge in [-0.2, -0.15) is 0 Å². The highest BCUT2D eigenvalue weighted by Crippen LogP contribution is 2.71. The van der Waals surface area contributed by atoms with Gasteiger partial charge in [0.25, 0.3) is 0 Å². The second kappa shape index (κ2) is 11.3. The molecule has 43 heavy (non-hydrogen) atoms. The Morgan fingerprint density at radius 3 is 2.23 bits per heavy atom. The third-order valence-corrected chi connectivity index (χ3v) is 11.7. The van der Waals surface area contributed by atoms with Crippen molar-refractivity contribution in [3.63, 3.8) is 0 Å². The van der Waals surface area contributed by atoms with Crippen LogP contribution in [0.3, 0.4) is 0 Å². The average molecular weight is 574 g/mol. The Morgan fingerprint density at radius 1 is 1.02 bits per heavy atom. The van der Waals surface area contributed by atoms with Crippen molar-refractivity contribution in [3.8, 4) is 11.1 Å². The fourth-order valence-corrected chi connectivity index (χ4v) is 9.24. The van der Waals surface area contributed by atoms with Crippen molar-refractivity contribution in [2.45, 2.75) is 94.9 Å². The van der Waals surface area contributed by atoms with Crippen molar-refractivity contribution in [2.75, 3.05) is 0 Å². The molecule has 0 aliphatic heterocycles. The minimum absolute atomic E-state index is 0.00482. The monoisotopic (exact) mass is 573 g/mol. The zero-order valence-corrected chi connectivity index (χ0v) is 28.8. The highest BCUT2D eigenvalue weighted by molar-refractivity contribution is 5.91. The van der Waals surface area contributed by atoms with E-state index in [9.17, 15) is 0 Å². The Kier molecular flexibility index (Phi) is 8.57. The van der Waals surface area contributed by atoms with Gasteiger partial charge < -0.3 is 5.73 Å². The lowest BCUT2D eigenvalue weighted by Crippen LogP contribution is -2.55. The fraction of sp³-hybridized carbons (Fsp3) is 0.429. The summed E-state index contributed by atoms with van der Waals surface area (Å²) in [6.45, 7) is 40.7. The summed E-state index contributed by atoms with van der Waals surface area (Å²) in [5, 5.41) is 0. The van der Waals surface area contributed by atoms with E-state index in [1.54, 1.807) is 0 Å². The summed E-state index contributed by atoms with van der Waals surface area (Å²) in [7, 11) is 0. The van der Waals surface area contributed by atoms with Crippen molar-refractivity contribution >= 4 is 11.6 Å². The van der Waals surface area contributed by atoms with E-state index in [-0.39, 0.29) is 16.2 Å². The van der Waals surface area contributed by atoms with E-state index in [1.165, 1.54) is 55.7 Å². The van der Waals surface area contributed by atoms with Crippen LogP contribution in [-0.4, -0.2) is 0 Å². The first-order chi connectivity index (χ1) is 20.2. The highest BCUT2D eigenvalue weighted by atomic mass is 14.7. The number of benzene rings is 2. The van der Waals surface area contributed by atoms with Gasteiger partial charge >= 0.3 is 0 Å². The zero-order valence-electron chi connectivity index (χ0n) is 28.8. The molecular formula is C42H55N. The Hall–Kier alpha value is -3.32. The summed E-state index contributed by atoms with van der Waals surface area (Å²) in [5.74, 6) is 0.381. The van der Waals surface area contributed by atoms with E-state index in [0.717, 1.165) is 42.4 Å². The van der Waals surface area contributed by atoms with Crippen LogP contribution < -0.4 is 5.73 Å². The molecule has 228 valence electrons. The third kappa shape index (κ3) is 4.49. The fourth-order valence-electron chi connectivity index (χ4n) is 9.24. The quantitative estimate of drug-likeness (QED) is 0.378. The Balaban J connectivity index is 0.00000207. The number of hydrogen-bond donors (Lipinski definition) is 1. The molecule has 3 aliphatic carbocycles. The van der Waals surface area contributed by atoms with Crippen LogP contribution in [0.15, 0.2) is 84.6 Å². The summed E-state index contributed by atoms with van der Waals surface area (Å²) in [6.07, 6.45) is 8.47. The molecule has 2 N–H and O–H groups in total. The van der Waals surface area contributed by atoms with Gasteiger partial charge in [-0.1, -0.05) is 111 Å². The summed E-state index contributed by atoms with van der Waals surface area (Å²) >= 11 is 0. The van der Waals surface area contributed by atoms with E-state index in [1.807, 2.05) is 19.9 Å². The molecule has 0 heterocycles. The molecule has 5 rings (SSSR count). The number of hydrogen-bond acceptors (Lipinski definition) is 1. The molecule has 0 radical (unpaired) electrons. The number of rotatable bonds is 5. The van der Waals surface area contributed by atoms with Crippen LogP contribution in [-0.2, 0) is 12.8 Å². The predicted octanol–water partition coefficient (Wildman–Crippen LogP) is 11.5. The van der Waals surface area contributed by atoms with Gasteiger partial charge in [0.15, 0.2) is 0 Å². The van der Waals surface area contributed by atoms with Crippen molar-refractivity contribution in [1.29, 1.82) is 0 Å². The van der Waals surface area contributed by atoms with Gasteiger partial charge in [0, 0.05) is 11.1 Å². The van der Waals surface area contributed by atoms with Crippen molar-refractivity contribution in [3.05, 3.63) is 118 Å². The average Bonchev–Trinajstić information content (AvgIpc) is 2.97. The standard InChI is InChI=1S/C40H49N.C2H6/c1-13-29-16-17-30(14-2)33(19-29)34-18-23(4)24(5)36-25(6)37-27(8)40(12)26(7)32(28(9)41)20-31(15-3)39(40,11)22-38(37,10)21-35(34)36;1-2/h13,16-20,31H,1,6-7,9,14-15,21-22,41H2,2-5,8,10-12H3;1-2H3/t31-,38+,39+,40+;/m1./s1. The SMILES string of the molecule is C=Cc1ccc(CC)c(-c2cc(C)c(C)c3c2C[C@@]2(C)C[C@@]4(C)[C@H](CC)C=C(C(=C)N)C(=C)[C@@]4(C)C(C)=C2C3=C)c1.CC. The Bertz CT molecular complexity index is 1610. The van der Waals surface area contributed by atoms with Crippen molar-refractivity contribution < 1.29 is 0 Å². The van der Waals surface area contributed by atoms with Crippen LogP contribution in [0.5, 0.6) is 0 Å². The second-order valence-corrected chi connectivity index (χ2v) is 13.7. The molecule has 0 fully saturated rings. The van der Waals surface area contributed by atoms with Gasteiger partial charge in [0.2, 0.25) is 0 Å². The molecule has 0 unspecified atom stereocenters. The zero-order chi connectivity index (χ0) is 32.2. The van der Waals surface area contributed by atoms with Crippen molar-refractivity contribution in [1.82, 2.24) is 0 Å². The molecule has 3 aliphatic rings. The van der Waals surface area contributed by atoms with Crippen LogP contribution in [0.1, 0.15) is 102 Å². The lowest BCUT2D eigenvalue weighted by molar-refractivity contribution is 0.0112. The topological polar surface area (TPSA) is 26.0 Å². The van der Waals surface area contributed by atoms with E-state index in [0.29, 0.717) is 11.6 Å². The molecule has 2 aromatic carbocycles. The Morgan fingerprint density at radius 2 is 1.67 bits per heavy atom. The van der Waals surface area contributed by atoms with E-state index >= 15 is 0 Å². The van der Waals surface area contributed by atoms with Crippen LogP contribution in [0.2, 0.25) is 0 Å². The molecule has 0 bridgehead atoms. The first kappa shape index (κ1) is 32.6. The summed E-state index contributed by atoms with van der Waals surface area (Å²) in [6, 6.07) is 9.24. The van der Waals surface area contributed by atoms with Crippen LogP contribution in [0, 0.1) is 36.0 Å². The number of nitrogens with two attached hydrogens (primary N) is 1. The summed E-state index contributed by atoms with van der Waals surface area (Å²) in [5.41, 5.74) is 23.6. The predicted molar refractivity (Wildman–Crippen MR) is 191 cm³/mol. The summed E-state index contributed by atoms with van der Waals surface area (Å²) < 4.78 is 0. The van der Waals surface area contributed by atoms with E-state index in [2.05, 4.69) is 98.9 Å². The van der Waals surface area contributed by atoms with Crippen LogP contribution >= 0.6 is 0 Å². The van der Waals surface area contributed by atoms with E-state index < -0.39 is 0 Å². The van der Waals surface area contributed by atoms with Crippen molar-refractivity contribution in [2.24, 2.45) is 27.9 Å². The maximum absolute atomic E-state index is 6.38. The molecular weight excluding hydrogens is 518 g/mol. The molecule has 1 heteroatoms. The minimum atomic E-state index is -0.233. The molecule has 0 saturated heterocycles. The van der Waals surface area contributed by atoms with E-state index in [4.69, 9.17) is 18.9 Å². The normalized spacial score (nSPS) is 27.8. The second-order valence-electron chi connectivity index (χ2n) is 13.7. The van der Waals surface area contributed by atoms with Gasteiger partial charge in [-0.05, 0) is 136 Å². The number of aryl methyl sites for hydroxylation is 2. The van der Waals surface area contributed by atoms with Gasteiger partial charge in [-0.15, -0.1) is 0 Å². The van der Waals surface area contributed by atoms with Gasteiger partial charge in [0.1, 0.15) is 0 Å². The molecule has 0 saturated carbocycles. The number of fused-ring (bicyclic) bond motifs is 3. The Labute approximate surface area is 263 Å².